The van der Waals surface area contributed by atoms with Crippen LogP contribution in [0.5, 0.6) is 0 Å². The molecular weight excluding hydrogens is 302 g/mol. The summed E-state index contributed by atoms with van der Waals surface area (Å²) in [6.45, 7) is 2.23. The maximum Gasteiger partial charge on any atom is 0.137 e. The van der Waals surface area contributed by atoms with Crippen molar-refractivity contribution in [2.45, 2.75) is 64.7 Å². The molecule has 0 aliphatic heterocycles. The summed E-state index contributed by atoms with van der Waals surface area (Å²) in [5.41, 5.74) is 1.00. The molecule has 0 saturated heterocycles. The van der Waals surface area contributed by atoms with Gasteiger partial charge in [0.25, 0.3) is 0 Å². The fourth-order valence-electron chi connectivity index (χ4n) is 2.15. The van der Waals surface area contributed by atoms with Gasteiger partial charge in [-0.15, -0.1) is 0 Å². The van der Waals surface area contributed by atoms with Gasteiger partial charge in [0.05, 0.1) is 0 Å². The number of Topliss-reactive ketones (excluding diaryl/α,β-unsaturated/α-hetero) is 1. The van der Waals surface area contributed by atoms with Crippen LogP contribution in [0.3, 0.4) is 0 Å². The molecule has 1 aromatic heterocycles. The molecule has 1 aromatic rings. The first-order valence-electron chi connectivity index (χ1n) is 7.33. The van der Waals surface area contributed by atoms with Crippen LogP contribution in [0.1, 0.15) is 63.9 Å². The Labute approximate surface area is 125 Å². The SMILES string of the molecule is CCCCCCCCCC(=O)Cc1cncc(Br)c1. The number of unbranched alkanes of at least 4 members (excludes halogenated alkanes) is 6. The fraction of sp³-hybridized carbons (Fsp3) is 0.625. The first kappa shape index (κ1) is 16.4. The van der Waals surface area contributed by atoms with Crippen LogP contribution in [0.2, 0.25) is 0 Å². The monoisotopic (exact) mass is 325 g/mol. The molecule has 0 N–H and O–H groups in total. The Balaban J connectivity index is 2.08. The number of pyridine rings is 1. The van der Waals surface area contributed by atoms with Crippen molar-refractivity contribution in [3.63, 3.8) is 0 Å². The Bertz CT molecular complexity index is 379. The first-order valence-corrected chi connectivity index (χ1v) is 8.12. The van der Waals surface area contributed by atoms with Crippen LogP contribution in [0.25, 0.3) is 0 Å². The van der Waals surface area contributed by atoms with Gasteiger partial charge in [-0.2, -0.15) is 0 Å². The largest absolute Gasteiger partial charge is 0.299 e. The van der Waals surface area contributed by atoms with Crippen LogP contribution in [0.4, 0.5) is 0 Å². The maximum absolute atomic E-state index is 11.8. The third-order valence-electron chi connectivity index (χ3n) is 3.22. The first-order chi connectivity index (χ1) is 9.22. The molecule has 1 heterocycles. The van der Waals surface area contributed by atoms with Gasteiger partial charge in [-0.3, -0.25) is 9.78 Å². The molecule has 0 spiro atoms. The van der Waals surface area contributed by atoms with Crippen molar-refractivity contribution in [3.8, 4) is 0 Å². The standard InChI is InChI=1S/C16H24BrNO/c1-2-3-4-5-6-7-8-9-16(19)11-14-10-15(17)13-18-12-14/h10,12-13H,2-9,11H2,1H3. The Morgan fingerprint density at radius 2 is 1.79 bits per heavy atom. The zero-order valence-corrected chi connectivity index (χ0v) is 13.4. The van der Waals surface area contributed by atoms with Gasteiger partial charge in [-0.05, 0) is 34.0 Å². The Morgan fingerprint density at radius 3 is 2.47 bits per heavy atom. The minimum absolute atomic E-state index is 0.327. The molecule has 0 unspecified atom stereocenters. The number of ketones is 1. The molecule has 0 saturated carbocycles. The highest BCUT2D eigenvalue weighted by atomic mass is 79.9. The summed E-state index contributed by atoms with van der Waals surface area (Å²) in [6, 6.07) is 1.97. The molecule has 0 radical (unpaired) electrons. The van der Waals surface area contributed by atoms with Crippen molar-refractivity contribution >= 4 is 21.7 Å². The van der Waals surface area contributed by atoms with Crippen molar-refractivity contribution < 1.29 is 4.79 Å². The number of hydrogen-bond donors (Lipinski definition) is 0. The number of carbonyl (C=O) groups is 1. The van der Waals surface area contributed by atoms with E-state index in [0.717, 1.165) is 16.5 Å². The number of hydrogen-bond acceptors (Lipinski definition) is 2. The normalized spacial score (nSPS) is 10.6. The lowest BCUT2D eigenvalue weighted by molar-refractivity contribution is -0.118. The predicted molar refractivity (Wildman–Crippen MR) is 83.3 cm³/mol. The third kappa shape index (κ3) is 8.14. The molecule has 3 heteroatoms. The van der Waals surface area contributed by atoms with E-state index in [1.807, 2.05) is 6.07 Å². The number of rotatable bonds is 10. The molecule has 0 atom stereocenters. The third-order valence-corrected chi connectivity index (χ3v) is 3.66. The van der Waals surface area contributed by atoms with E-state index in [4.69, 9.17) is 0 Å². The highest BCUT2D eigenvalue weighted by Crippen LogP contribution is 2.12. The quantitative estimate of drug-likeness (QED) is 0.560. The summed E-state index contributed by atoms with van der Waals surface area (Å²) in [6.07, 6.45) is 13.5. The molecular formula is C16H24BrNO. The molecule has 0 aliphatic rings. The second-order valence-electron chi connectivity index (χ2n) is 5.10. The lowest BCUT2D eigenvalue weighted by atomic mass is 10.0. The minimum atomic E-state index is 0.327. The van der Waals surface area contributed by atoms with E-state index in [2.05, 4.69) is 27.8 Å². The molecule has 0 aromatic carbocycles. The molecule has 0 fully saturated rings. The van der Waals surface area contributed by atoms with E-state index in [-0.39, 0.29) is 0 Å². The molecule has 106 valence electrons. The number of aromatic nitrogens is 1. The highest BCUT2D eigenvalue weighted by Gasteiger charge is 2.04. The van der Waals surface area contributed by atoms with Crippen LogP contribution in [-0.4, -0.2) is 10.8 Å². The smallest absolute Gasteiger partial charge is 0.137 e. The van der Waals surface area contributed by atoms with Crippen LogP contribution < -0.4 is 0 Å². The summed E-state index contributed by atoms with van der Waals surface area (Å²) in [5.74, 6) is 0.327. The number of nitrogens with zero attached hydrogens (tertiary/aromatic N) is 1. The van der Waals surface area contributed by atoms with E-state index >= 15 is 0 Å². The molecule has 0 bridgehead atoms. The average molecular weight is 326 g/mol. The Kier molecular flexibility index (Phi) is 8.72. The van der Waals surface area contributed by atoms with Gasteiger partial charge in [-0.25, -0.2) is 0 Å². The van der Waals surface area contributed by atoms with Gasteiger partial charge < -0.3 is 0 Å². The van der Waals surface area contributed by atoms with Gasteiger partial charge in [0, 0.05) is 29.7 Å². The summed E-state index contributed by atoms with van der Waals surface area (Å²) >= 11 is 3.37. The van der Waals surface area contributed by atoms with Gasteiger partial charge >= 0.3 is 0 Å². The lowest BCUT2D eigenvalue weighted by Gasteiger charge is -2.02. The van der Waals surface area contributed by atoms with Crippen LogP contribution in [0, 0.1) is 0 Å². The lowest BCUT2D eigenvalue weighted by Crippen LogP contribution is -2.02. The Morgan fingerprint density at radius 1 is 1.11 bits per heavy atom. The molecule has 1 rings (SSSR count). The van der Waals surface area contributed by atoms with Gasteiger partial charge in [-0.1, -0.05) is 45.4 Å². The maximum atomic E-state index is 11.8. The zero-order chi connectivity index (χ0) is 13.9. The van der Waals surface area contributed by atoms with Gasteiger partial charge in [0.15, 0.2) is 0 Å². The van der Waals surface area contributed by atoms with E-state index in [9.17, 15) is 4.79 Å². The van der Waals surface area contributed by atoms with E-state index in [1.165, 1.54) is 38.5 Å². The van der Waals surface area contributed by atoms with Crippen molar-refractivity contribution in [1.29, 1.82) is 0 Å². The second kappa shape index (κ2) is 10.1. The minimum Gasteiger partial charge on any atom is -0.299 e. The molecule has 0 aliphatic carbocycles. The summed E-state index contributed by atoms with van der Waals surface area (Å²) in [4.78, 5) is 15.9. The van der Waals surface area contributed by atoms with E-state index < -0.39 is 0 Å². The summed E-state index contributed by atoms with van der Waals surface area (Å²) < 4.78 is 0.939. The highest BCUT2D eigenvalue weighted by molar-refractivity contribution is 9.10. The zero-order valence-electron chi connectivity index (χ0n) is 11.8. The molecule has 2 nitrogen and oxygen atoms in total. The van der Waals surface area contributed by atoms with E-state index in [0.29, 0.717) is 18.6 Å². The van der Waals surface area contributed by atoms with Crippen LogP contribution in [-0.2, 0) is 11.2 Å². The van der Waals surface area contributed by atoms with E-state index in [1.54, 1.807) is 12.4 Å². The molecule has 0 amide bonds. The second-order valence-corrected chi connectivity index (χ2v) is 6.01. The fourth-order valence-corrected chi connectivity index (χ4v) is 2.56. The van der Waals surface area contributed by atoms with Crippen LogP contribution >= 0.6 is 15.9 Å². The van der Waals surface area contributed by atoms with Crippen molar-refractivity contribution in [3.05, 3.63) is 28.5 Å². The number of carbonyl (C=O) groups excluding carboxylic acids is 1. The van der Waals surface area contributed by atoms with Crippen LogP contribution in [0.15, 0.2) is 22.9 Å². The van der Waals surface area contributed by atoms with Gasteiger partial charge in [0.2, 0.25) is 0 Å². The summed E-state index contributed by atoms with van der Waals surface area (Å²) in [5, 5.41) is 0. The summed E-state index contributed by atoms with van der Waals surface area (Å²) in [7, 11) is 0. The number of halogens is 1. The van der Waals surface area contributed by atoms with Crippen molar-refractivity contribution in [1.82, 2.24) is 4.98 Å². The van der Waals surface area contributed by atoms with Gasteiger partial charge in [0.1, 0.15) is 5.78 Å². The Hall–Kier alpha value is -0.700. The average Bonchev–Trinajstić information content (AvgIpc) is 2.37. The van der Waals surface area contributed by atoms with Crippen molar-refractivity contribution in [2.75, 3.05) is 0 Å². The predicted octanol–water partition coefficient (Wildman–Crippen LogP) is 5.10. The topological polar surface area (TPSA) is 30.0 Å². The molecule has 19 heavy (non-hydrogen) atoms. The van der Waals surface area contributed by atoms with Crippen molar-refractivity contribution in [2.24, 2.45) is 0 Å².